The molecule has 0 unspecified atom stereocenters. The number of fused-ring (bicyclic) bond motifs is 1. The fourth-order valence-electron chi connectivity index (χ4n) is 2.67. The van der Waals surface area contributed by atoms with E-state index in [-0.39, 0.29) is 11.5 Å². The Labute approximate surface area is 144 Å². The van der Waals surface area contributed by atoms with Crippen molar-refractivity contribution in [2.24, 2.45) is 0 Å². The highest BCUT2D eigenvalue weighted by Gasteiger charge is 2.20. The molecule has 5 nitrogen and oxygen atoms in total. The van der Waals surface area contributed by atoms with Crippen LogP contribution in [0, 0.1) is 0 Å². The molecule has 24 heavy (non-hydrogen) atoms. The highest BCUT2D eigenvalue weighted by Crippen LogP contribution is 2.16. The number of amides is 1. The molecule has 6 heteroatoms. The number of carbonyl (C=O) groups excluding carboxylic acids is 1. The van der Waals surface area contributed by atoms with Gasteiger partial charge in [-0.3, -0.25) is 9.59 Å². The van der Waals surface area contributed by atoms with E-state index in [0.29, 0.717) is 29.6 Å². The molecule has 0 bridgehead atoms. The van der Waals surface area contributed by atoms with Gasteiger partial charge in [-0.25, -0.2) is 4.68 Å². The number of aryl methyl sites for hydroxylation is 1. The van der Waals surface area contributed by atoms with Gasteiger partial charge in [-0.2, -0.15) is 16.4 Å². The van der Waals surface area contributed by atoms with E-state index >= 15 is 0 Å². The number of hydrogen-bond donors (Lipinski definition) is 0. The molecule has 0 saturated heterocycles. The normalized spacial score (nSPS) is 10.9. The smallest absolute Gasteiger partial charge is 0.274 e. The molecule has 3 rings (SSSR count). The molecule has 2 heterocycles. The van der Waals surface area contributed by atoms with E-state index in [2.05, 4.69) is 5.10 Å². The molecular weight excluding hydrogens is 322 g/mol. The predicted octanol–water partition coefficient (Wildman–Crippen LogP) is 3.14. The number of hydrogen-bond acceptors (Lipinski definition) is 4. The van der Waals surface area contributed by atoms with Gasteiger partial charge in [-0.1, -0.05) is 25.1 Å². The first-order valence-corrected chi connectivity index (χ1v) is 8.82. The molecule has 0 saturated carbocycles. The zero-order valence-corrected chi connectivity index (χ0v) is 14.5. The topological polar surface area (TPSA) is 55.2 Å². The second-order valence-corrected chi connectivity index (χ2v) is 6.50. The van der Waals surface area contributed by atoms with Gasteiger partial charge in [0.25, 0.3) is 11.5 Å². The van der Waals surface area contributed by atoms with Crippen LogP contribution >= 0.6 is 11.3 Å². The maximum Gasteiger partial charge on any atom is 0.274 e. The van der Waals surface area contributed by atoms with Crippen molar-refractivity contribution in [1.82, 2.24) is 14.7 Å². The molecule has 3 aromatic rings. The Morgan fingerprint density at radius 1 is 1.25 bits per heavy atom. The SMILES string of the molecule is CCCn1nc(C(=O)N(C)Cc2ccsc2)c2ccccc2c1=O. The van der Waals surface area contributed by atoms with E-state index < -0.39 is 0 Å². The summed E-state index contributed by atoms with van der Waals surface area (Å²) in [6.07, 6.45) is 0.781. The van der Waals surface area contributed by atoms with Gasteiger partial charge in [-0.05, 0) is 34.9 Å². The van der Waals surface area contributed by atoms with E-state index in [0.717, 1.165) is 12.0 Å². The highest BCUT2D eigenvalue weighted by atomic mass is 32.1. The van der Waals surface area contributed by atoms with Gasteiger partial charge in [0.05, 0.1) is 5.39 Å². The fraction of sp³-hybridized carbons (Fsp3) is 0.278. The monoisotopic (exact) mass is 341 g/mol. The Morgan fingerprint density at radius 3 is 2.67 bits per heavy atom. The summed E-state index contributed by atoms with van der Waals surface area (Å²) in [6, 6.07) is 9.16. The first-order valence-electron chi connectivity index (χ1n) is 7.88. The van der Waals surface area contributed by atoms with E-state index in [9.17, 15) is 9.59 Å². The van der Waals surface area contributed by atoms with Crippen LogP contribution in [0.25, 0.3) is 10.8 Å². The second-order valence-electron chi connectivity index (χ2n) is 5.72. The minimum absolute atomic E-state index is 0.149. The highest BCUT2D eigenvalue weighted by molar-refractivity contribution is 7.07. The predicted molar refractivity (Wildman–Crippen MR) is 96.4 cm³/mol. The number of benzene rings is 1. The molecule has 0 fully saturated rings. The van der Waals surface area contributed by atoms with Crippen molar-refractivity contribution in [2.75, 3.05) is 7.05 Å². The Balaban J connectivity index is 2.05. The fourth-order valence-corrected chi connectivity index (χ4v) is 3.33. The molecule has 1 aromatic carbocycles. The average Bonchev–Trinajstić information content (AvgIpc) is 3.10. The van der Waals surface area contributed by atoms with Crippen LogP contribution in [-0.4, -0.2) is 27.6 Å². The van der Waals surface area contributed by atoms with Crippen molar-refractivity contribution in [1.29, 1.82) is 0 Å². The lowest BCUT2D eigenvalue weighted by atomic mass is 10.1. The summed E-state index contributed by atoms with van der Waals surface area (Å²) in [4.78, 5) is 27.0. The molecule has 0 N–H and O–H groups in total. The molecular formula is C18H19N3O2S. The minimum Gasteiger partial charge on any atom is -0.336 e. The maximum absolute atomic E-state index is 12.9. The van der Waals surface area contributed by atoms with Crippen LogP contribution in [0.5, 0.6) is 0 Å². The lowest BCUT2D eigenvalue weighted by Crippen LogP contribution is -2.31. The molecule has 0 atom stereocenters. The molecule has 2 aromatic heterocycles. The molecule has 124 valence electrons. The largest absolute Gasteiger partial charge is 0.336 e. The summed E-state index contributed by atoms with van der Waals surface area (Å²) in [6.45, 7) is 3.00. The first-order chi connectivity index (χ1) is 11.6. The zero-order valence-electron chi connectivity index (χ0n) is 13.7. The lowest BCUT2D eigenvalue weighted by Gasteiger charge is -2.18. The summed E-state index contributed by atoms with van der Waals surface area (Å²) in [5, 5.41) is 9.51. The number of nitrogens with zero attached hydrogens (tertiary/aromatic N) is 3. The van der Waals surface area contributed by atoms with E-state index in [1.54, 1.807) is 35.4 Å². The Morgan fingerprint density at radius 2 is 2.00 bits per heavy atom. The second kappa shape index (κ2) is 6.97. The van der Waals surface area contributed by atoms with E-state index in [1.807, 2.05) is 35.9 Å². The third kappa shape index (κ3) is 3.10. The van der Waals surface area contributed by atoms with Gasteiger partial charge in [0.2, 0.25) is 0 Å². The summed E-state index contributed by atoms with van der Waals surface area (Å²) in [5.74, 6) is -0.178. The average molecular weight is 341 g/mol. The van der Waals surface area contributed by atoms with Gasteiger partial charge in [0, 0.05) is 25.5 Å². The lowest BCUT2D eigenvalue weighted by molar-refractivity contribution is 0.0779. The Bertz CT molecular complexity index is 916. The number of thiophene rings is 1. The third-order valence-electron chi connectivity index (χ3n) is 3.85. The quantitative estimate of drug-likeness (QED) is 0.716. The van der Waals surface area contributed by atoms with Crippen LogP contribution in [0.3, 0.4) is 0 Å². The first kappa shape index (κ1) is 16.4. The summed E-state index contributed by atoms with van der Waals surface area (Å²) in [7, 11) is 1.76. The van der Waals surface area contributed by atoms with Crippen molar-refractivity contribution in [3.63, 3.8) is 0 Å². The number of aromatic nitrogens is 2. The maximum atomic E-state index is 12.9. The van der Waals surface area contributed by atoms with Crippen LogP contribution in [0.2, 0.25) is 0 Å². The third-order valence-corrected chi connectivity index (χ3v) is 4.58. The Kier molecular flexibility index (Phi) is 4.76. The van der Waals surface area contributed by atoms with Gasteiger partial charge in [0.15, 0.2) is 5.69 Å². The molecule has 1 amide bonds. The molecule has 0 spiro atoms. The van der Waals surface area contributed by atoms with Crippen molar-refractivity contribution >= 4 is 28.0 Å². The van der Waals surface area contributed by atoms with Crippen LogP contribution in [-0.2, 0) is 13.1 Å². The number of carbonyl (C=O) groups is 1. The van der Waals surface area contributed by atoms with E-state index in [1.165, 1.54) is 4.68 Å². The van der Waals surface area contributed by atoms with Crippen molar-refractivity contribution in [3.05, 3.63) is 62.7 Å². The standard InChI is InChI=1S/C18H19N3O2S/c1-3-9-21-17(22)15-7-5-4-6-14(15)16(19-21)18(23)20(2)11-13-8-10-24-12-13/h4-8,10,12H,3,9,11H2,1-2H3. The Hall–Kier alpha value is -2.47. The molecule has 0 aliphatic rings. The minimum atomic E-state index is -0.178. The number of rotatable bonds is 5. The van der Waals surface area contributed by atoms with Crippen LogP contribution in [0.15, 0.2) is 45.9 Å². The van der Waals surface area contributed by atoms with E-state index in [4.69, 9.17) is 0 Å². The van der Waals surface area contributed by atoms with Gasteiger partial charge >= 0.3 is 0 Å². The molecule has 0 radical (unpaired) electrons. The van der Waals surface area contributed by atoms with Gasteiger partial charge in [-0.15, -0.1) is 0 Å². The summed E-state index contributed by atoms with van der Waals surface area (Å²) >= 11 is 1.60. The van der Waals surface area contributed by atoms with Gasteiger partial charge in [0.1, 0.15) is 0 Å². The summed E-state index contributed by atoms with van der Waals surface area (Å²) < 4.78 is 1.40. The van der Waals surface area contributed by atoms with Crippen molar-refractivity contribution in [2.45, 2.75) is 26.4 Å². The van der Waals surface area contributed by atoms with Gasteiger partial charge < -0.3 is 4.90 Å². The van der Waals surface area contributed by atoms with Crippen LogP contribution in [0.4, 0.5) is 0 Å². The van der Waals surface area contributed by atoms with Crippen molar-refractivity contribution < 1.29 is 4.79 Å². The zero-order chi connectivity index (χ0) is 17.1. The summed E-state index contributed by atoms with van der Waals surface area (Å²) in [5.41, 5.74) is 1.27. The van der Waals surface area contributed by atoms with Crippen LogP contribution in [0.1, 0.15) is 29.4 Å². The molecule has 0 aliphatic heterocycles. The van der Waals surface area contributed by atoms with Crippen LogP contribution < -0.4 is 5.56 Å². The molecule has 0 aliphatic carbocycles. The van der Waals surface area contributed by atoms with Crippen molar-refractivity contribution in [3.8, 4) is 0 Å².